The first kappa shape index (κ1) is 14.6. The van der Waals surface area contributed by atoms with E-state index >= 15 is 0 Å². The third-order valence-electron chi connectivity index (χ3n) is 2.21. The van der Waals surface area contributed by atoms with E-state index in [9.17, 15) is 0 Å². The summed E-state index contributed by atoms with van der Waals surface area (Å²) in [4.78, 5) is 4.02. The maximum absolute atomic E-state index is 6.32. The highest BCUT2D eigenvalue weighted by Crippen LogP contribution is 2.34. The van der Waals surface area contributed by atoms with Crippen molar-refractivity contribution in [1.82, 2.24) is 4.98 Å². The van der Waals surface area contributed by atoms with Crippen LogP contribution in [0.2, 0.25) is 10.0 Å². The fraction of sp³-hybridized carbons (Fsp3) is 0.0833. The summed E-state index contributed by atoms with van der Waals surface area (Å²) in [5.41, 5.74) is 1.74. The van der Waals surface area contributed by atoms with Gasteiger partial charge in [-0.15, -0.1) is 24.0 Å². The van der Waals surface area contributed by atoms with Gasteiger partial charge in [0.15, 0.2) is 0 Å². The Hall–Kier alpha value is -0.470. The lowest BCUT2D eigenvalue weighted by Gasteiger charge is -2.11. The SMILES string of the molecule is Cl.Clc1ccc(C(Cl)c2cccnc2)c(Cl)c1. The van der Waals surface area contributed by atoms with Crippen LogP contribution >= 0.6 is 47.2 Å². The lowest BCUT2D eigenvalue weighted by atomic mass is 10.1. The van der Waals surface area contributed by atoms with Crippen molar-refractivity contribution in [1.29, 1.82) is 0 Å². The Morgan fingerprint density at radius 2 is 1.88 bits per heavy atom. The summed E-state index contributed by atoms with van der Waals surface area (Å²) in [6.45, 7) is 0. The van der Waals surface area contributed by atoms with Gasteiger partial charge in [0.2, 0.25) is 0 Å². The summed E-state index contributed by atoms with van der Waals surface area (Å²) in [7, 11) is 0. The molecule has 0 bridgehead atoms. The number of aromatic nitrogens is 1. The lowest BCUT2D eigenvalue weighted by molar-refractivity contribution is 1.11. The van der Waals surface area contributed by atoms with E-state index in [-0.39, 0.29) is 17.8 Å². The number of alkyl halides is 1. The molecule has 0 saturated carbocycles. The van der Waals surface area contributed by atoms with E-state index < -0.39 is 0 Å². The van der Waals surface area contributed by atoms with Gasteiger partial charge < -0.3 is 0 Å². The first-order valence-corrected chi connectivity index (χ1v) is 5.86. The molecule has 1 heterocycles. The number of nitrogens with zero attached hydrogens (tertiary/aromatic N) is 1. The molecule has 0 radical (unpaired) electrons. The Labute approximate surface area is 121 Å². The standard InChI is InChI=1S/C12H8Cl3N.ClH/c13-9-3-4-10(11(14)6-9)12(15)8-2-1-5-16-7-8;/h1-7,12H;1H. The lowest BCUT2D eigenvalue weighted by Crippen LogP contribution is -1.94. The van der Waals surface area contributed by atoms with E-state index in [0.717, 1.165) is 11.1 Å². The van der Waals surface area contributed by atoms with Crippen molar-refractivity contribution >= 4 is 47.2 Å². The zero-order valence-corrected chi connectivity index (χ0v) is 11.7. The summed E-state index contributed by atoms with van der Waals surface area (Å²) < 4.78 is 0. The number of rotatable bonds is 2. The molecule has 1 atom stereocenters. The molecule has 0 spiro atoms. The van der Waals surface area contributed by atoms with Crippen molar-refractivity contribution in [3.63, 3.8) is 0 Å². The largest absolute Gasteiger partial charge is 0.264 e. The molecule has 0 aliphatic rings. The van der Waals surface area contributed by atoms with Gasteiger partial charge in [0.1, 0.15) is 0 Å². The van der Waals surface area contributed by atoms with Gasteiger partial charge in [-0.3, -0.25) is 4.98 Å². The van der Waals surface area contributed by atoms with E-state index in [0.29, 0.717) is 10.0 Å². The Morgan fingerprint density at radius 1 is 1.12 bits per heavy atom. The molecule has 0 aliphatic heterocycles. The summed E-state index contributed by atoms with van der Waals surface area (Å²) in [6, 6.07) is 9.04. The zero-order valence-electron chi connectivity index (χ0n) is 8.61. The smallest absolute Gasteiger partial charge is 0.0864 e. The Morgan fingerprint density at radius 3 is 2.47 bits per heavy atom. The Kier molecular flexibility index (Phi) is 5.54. The van der Waals surface area contributed by atoms with Crippen LogP contribution in [0, 0.1) is 0 Å². The van der Waals surface area contributed by atoms with Gasteiger partial charge >= 0.3 is 0 Å². The van der Waals surface area contributed by atoms with Crippen LogP contribution < -0.4 is 0 Å². The van der Waals surface area contributed by atoms with E-state index in [1.807, 2.05) is 18.2 Å². The number of pyridine rings is 1. The zero-order chi connectivity index (χ0) is 11.5. The molecule has 17 heavy (non-hydrogen) atoms. The van der Waals surface area contributed by atoms with Crippen LogP contribution in [0.1, 0.15) is 16.5 Å². The van der Waals surface area contributed by atoms with Crippen molar-refractivity contribution in [2.24, 2.45) is 0 Å². The molecular weight excluding hydrogens is 300 g/mol. The highest BCUT2D eigenvalue weighted by molar-refractivity contribution is 6.36. The third-order valence-corrected chi connectivity index (χ3v) is 3.26. The fourth-order valence-electron chi connectivity index (χ4n) is 1.41. The number of benzene rings is 1. The Balaban J connectivity index is 0.00000144. The van der Waals surface area contributed by atoms with Crippen LogP contribution in [0.3, 0.4) is 0 Å². The maximum atomic E-state index is 6.32. The number of hydrogen-bond donors (Lipinski definition) is 0. The van der Waals surface area contributed by atoms with Gasteiger partial charge in [0, 0.05) is 22.4 Å². The molecule has 1 unspecified atom stereocenters. The molecule has 0 amide bonds. The van der Waals surface area contributed by atoms with Crippen molar-refractivity contribution in [3.8, 4) is 0 Å². The van der Waals surface area contributed by atoms with Crippen molar-refractivity contribution in [2.75, 3.05) is 0 Å². The van der Waals surface area contributed by atoms with E-state index in [4.69, 9.17) is 34.8 Å². The normalized spacial score (nSPS) is 11.7. The summed E-state index contributed by atoms with van der Waals surface area (Å²) >= 11 is 18.2. The predicted octanol–water partition coefficient (Wildman–Crippen LogP) is 5.14. The predicted molar refractivity (Wildman–Crippen MR) is 75.6 cm³/mol. The van der Waals surface area contributed by atoms with Crippen LogP contribution in [-0.4, -0.2) is 4.98 Å². The molecule has 0 aliphatic carbocycles. The molecule has 0 saturated heterocycles. The number of halogens is 4. The van der Waals surface area contributed by atoms with Gasteiger partial charge in [-0.25, -0.2) is 0 Å². The van der Waals surface area contributed by atoms with Crippen molar-refractivity contribution in [2.45, 2.75) is 5.38 Å². The van der Waals surface area contributed by atoms with Crippen molar-refractivity contribution < 1.29 is 0 Å². The van der Waals surface area contributed by atoms with Crippen LogP contribution in [0.15, 0.2) is 42.7 Å². The molecule has 1 nitrogen and oxygen atoms in total. The van der Waals surface area contributed by atoms with Crippen LogP contribution in [0.4, 0.5) is 0 Å². The monoisotopic (exact) mass is 307 g/mol. The highest BCUT2D eigenvalue weighted by atomic mass is 35.5. The molecule has 1 aromatic carbocycles. The summed E-state index contributed by atoms with van der Waals surface area (Å²) in [5, 5.41) is 0.860. The second kappa shape index (κ2) is 6.46. The van der Waals surface area contributed by atoms with E-state index in [1.54, 1.807) is 24.5 Å². The minimum absolute atomic E-state index is 0. The quantitative estimate of drug-likeness (QED) is 0.700. The van der Waals surface area contributed by atoms with Gasteiger partial charge in [0.25, 0.3) is 0 Å². The molecular formula is C12H9Cl4N. The van der Waals surface area contributed by atoms with E-state index in [2.05, 4.69) is 4.98 Å². The minimum Gasteiger partial charge on any atom is -0.264 e. The van der Waals surface area contributed by atoms with Crippen LogP contribution in [0.5, 0.6) is 0 Å². The molecule has 90 valence electrons. The number of hydrogen-bond acceptors (Lipinski definition) is 1. The second-order valence-corrected chi connectivity index (χ2v) is 4.59. The molecule has 1 aromatic heterocycles. The summed E-state index contributed by atoms with van der Waals surface area (Å²) in [5.74, 6) is 0. The van der Waals surface area contributed by atoms with Gasteiger partial charge in [-0.2, -0.15) is 0 Å². The molecule has 0 fully saturated rings. The summed E-state index contributed by atoms with van der Waals surface area (Å²) in [6.07, 6.45) is 3.43. The average molecular weight is 309 g/mol. The highest BCUT2D eigenvalue weighted by Gasteiger charge is 2.14. The Bertz CT molecular complexity index is 487. The third kappa shape index (κ3) is 3.49. The fourth-order valence-corrected chi connectivity index (χ4v) is 2.31. The first-order valence-electron chi connectivity index (χ1n) is 4.67. The molecule has 0 N–H and O–H groups in total. The average Bonchev–Trinajstić information content (AvgIpc) is 2.29. The van der Waals surface area contributed by atoms with Crippen LogP contribution in [-0.2, 0) is 0 Å². The first-order chi connectivity index (χ1) is 7.68. The van der Waals surface area contributed by atoms with Crippen LogP contribution in [0.25, 0.3) is 0 Å². The molecule has 2 aromatic rings. The molecule has 5 heteroatoms. The second-order valence-electron chi connectivity index (χ2n) is 3.31. The maximum Gasteiger partial charge on any atom is 0.0864 e. The molecule has 2 rings (SSSR count). The topological polar surface area (TPSA) is 12.9 Å². The van der Waals surface area contributed by atoms with Gasteiger partial charge in [-0.1, -0.05) is 35.3 Å². The minimum atomic E-state index is -0.307. The van der Waals surface area contributed by atoms with Gasteiger partial charge in [-0.05, 0) is 29.3 Å². The van der Waals surface area contributed by atoms with E-state index in [1.165, 1.54) is 0 Å². The van der Waals surface area contributed by atoms with Crippen molar-refractivity contribution in [3.05, 3.63) is 63.9 Å². The van der Waals surface area contributed by atoms with Gasteiger partial charge in [0.05, 0.1) is 5.38 Å².